The van der Waals surface area contributed by atoms with Crippen LogP contribution in [0.25, 0.3) is 0 Å². The van der Waals surface area contributed by atoms with E-state index in [-0.39, 0.29) is 11.5 Å². The summed E-state index contributed by atoms with van der Waals surface area (Å²) in [7, 11) is 0. The Balaban J connectivity index is 2.02. The standard InChI is InChI=1S/C16H20BrN3/c1-11(2)20-14(13(17)10-19-20)15(18)16(8-9-16)12-6-4-3-5-7-12/h3-7,10-11,15H,8-9,18H2,1-2H3. The van der Waals surface area contributed by atoms with Crippen molar-refractivity contribution in [2.45, 2.75) is 44.2 Å². The zero-order valence-corrected chi connectivity index (χ0v) is 13.5. The first-order valence-electron chi connectivity index (χ1n) is 7.10. The lowest BCUT2D eigenvalue weighted by molar-refractivity contribution is 0.444. The van der Waals surface area contributed by atoms with Gasteiger partial charge in [-0.25, -0.2) is 0 Å². The van der Waals surface area contributed by atoms with Gasteiger partial charge in [0.1, 0.15) is 0 Å². The van der Waals surface area contributed by atoms with Crippen molar-refractivity contribution in [1.82, 2.24) is 9.78 Å². The number of benzene rings is 1. The van der Waals surface area contributed by atoms with Crippen molar-refractivity contribution >= 4 is 15.9 Å². The third kappa shape index (κ3) is 2.11. The van der Waals surface area contributed by atoms with Crippen LogP contribution in [-0.4, -0.2) is 9.78 Å². The summed E-state index contributed by atoms with van der Waals surface area (Å²) in [6.45, 7) is 4.27. The van der Waals surface area contributed by atoms with Crippen LogP contribution in [0.4, 0.5) is 0 Å². The molecule has 1 aliphatic rings. The van der Waals surface area contributed by atoms with Crippen LogP contribution in [0, 0.1) is 0 Å². The molecular weight excluding hydrogens is 314 g/mol. The third-order valence-electron chi connectivity index (χ3n) is 4.30. The average molecular weight is 334 g/mol. The Bertz CT molecular complexity index is 599. The third-order valence-corrected chi connectivity index (χ3v) is 4.91. The predicted molar refractivity (Wildman–Crippen MR) is 84.6 cm³/mol. The fourth-order valence-electron chi connectivity index (χ4n) is 3.00. The van der Waals surface area contributed by atoms with Crippen LogP contribution >= 0.6 is 15.9 Å². The zero-order valence-electron chi connectivity index (χ0n) is 11.9. The highest BCUT2D eigenvalue weighted by Gasteiger charge is 2.51. The van der Waals surface area contributed by atoms with Crippen molar-refractivity contribution in [2.24, 2.45) is 5.73 Å². The first-order chi connectivity index (χ1) is 9.56. The van der Waals surface area contributed by atoms with E-state index in [1.165, 1.54) is 5.56 Å². The minimum absolute atomic E-state index is 0.0239. The van der Waals surface area contributed by atoms with Gasteiger partial charge in [-0.1, -0.05) is 30.3 Å². The van der Waals surface area contributed by atoms with Gasteiger partial charge < -0.3 is 5.73 Å². The molecule has 0 amide bonds. The molecule has 4 heteroatoms. The Morgan fingerprint density at radius 1 is 1.25 bits per heavy atom. The predicted octanol–water partition coefficient (Wildman–Crippen LogP) is 3.96. The summed E-state index contributed by atoms with van der Waals surface area (Å²) in [6.07, 6.45) is 4.15. The fourth-order valence-corrected chi connectivity index (χ4v) is 3.52. The van der Waals surface area contributed by atoms with E-state index in [9.17, 15) is 0 Å². The summed E-state index contributed by atoms with van der Waals surface area (Å²) in [5.41, 5.74) is 9.20. The van der Waals surface area contributed by atoms with Gasteiger partial charge in [0.2, 0.25) is 0 Å². The van der Waals surface area contributed by atoms with Crippen LogP contribution in [0.15, 0.2) is 41.0 Å². The topological polar surface area (TPSA) is 43.8 Å². The van der Waals surface area contributed by atoms with Crippen molar-refractivity contribution in [3.05, 3.63) is 52.3 Å². The molecule has 0 saturated heterocycles. The van der Waals surface area contributed by atoms with E-state index in [0.717, 1.165) is 23.0 Å². The van der Waals surface area contributed by atoms with E-state index < -0.39 is 0 Å². The van der Waals surface area contributed by atoms with Crippen molar-refractivity contribution in [3.63, 3.8) is 0 Å². The fraction of sp³-hybridized carbons (Fsp3) is 0.438. The molecule has 1 saturated carbocycles. The molecule has 20 heavy (non-hydrogen) atoms. The Labute approximate surface area is 128 Å². The monoisotopic (exact) mass is 333 g/mol. The SMILES string of the molecule is CC(C)n1ncc(Br)c1C(N)C1(c2ccccc2)CC1. The molecule has 0 bridgehead atoms. The lowest BCUT2D eigenvalue weighted by Gasteiger charge is -2.26. The summed E-state index contributed by atoms with van der Waals surface area (Å²) in [5.74, 6) is 0. The number of halogens is 1. The maximum Gasteiger partial charge on any atom is 0.0705 e. The quantitative estimate of drug-likeness (QED) is 0.920. The second kappa shape index (κ2) is 5.01. The van der Waals surface area contributed by atoms with Crippen molar-refractivity contribution in [1.29, 1.82) is 0 Å². The largest absolute Gasteiger partial charge is 0.322 e. The molecule has 1 aromatic carbocycles. The Morgan fingerprint density at radius 3 is 2.45 bits per heavy atom. The van der Waals surface area contributed by atoms with Gasteiger partial charge in [-0.2, -0.15) is 5.10 Å². The van der Waals surface area contributed by atoms with Gasteiger partial charge in [0.05, 0.1) is 22.4 Å². The van der Waals surface area contributed by atoms with E-state index in [0.29, 0.717) is 6.04 Å². The van der Waals surface area contributed by atoms with Gasteiger partial charge in [0.25, 0.3) is 0 Å². The van der Waals surface area contributed by atoms with Gasteiger partial charge in [-0.05, 0) is 48.2 Å². The Morgan fingerprint density at radius 2 is 1.90 bits per heavy atom. The van der Waals surface area contributed by atoms with E-state index in [1.807, 2.05) is 10.9 Å². The lowest BCUT2D eigenvalue weighted by Crippen LogP contribution is -2.29. The summed E-state index contributed by atoms with van der Waals surface area (Å²) in [5, 5.41) is 4.46. The maximum atomic E-state index is 6.66. The van der Waals surface area contributed by atoms with E-state index >= 15 is 0 Å². The number of hydrogen-bond acceptors (Lipinski definition) is 2. The lowest BCUT2D eigenvalue weighted by atomic mass is 9.86. The molecule has 1 heterocycles. The van der Waals surface area contributed by atoms with Crippen LogP contribution in [0.2, 0.25) is 0 Å². The molecule has 0 aliphatic heterocycles. The molecule has 1 unspecified atom stereocenters. The van der Waals surface area contributed by atoms with Crippen molar-refractivity contribution in [3.8, 4) is 0 Å². The van der Waals surface area contributed by atoms with E-state index in [4.69, 9.17) is 5.73 Å². The summed E-state index contributed by atoms with van der Waals surface area (Å²) >= 11 is 3.62. The highest BCUT2D eigenvalue weighted by Crippen LogP contribution is 2.56. The number of nitrogens with zero attached hydrogens (tertiary/aromatic N) is 2. The summed E-state index contributed by atoms with van der Waals surface area (Å²) < 4.78 is 3.05. The van der Waals surface area contributed by atoms with Crippen LogP contribution < -0.4 is 5.73 Å². The Hall–Kier alpha value is -1.13. The van der Waals surface area contributed by atoms with Crippen LogP contribution in [-0.2, 0) is 5.41 Å². The average Bonchev–Trinajstić information content (AvgIpc) is 3.17. The van der Waals surface area contributed by atoms with Gasteiger partial charge in [-0.15, -0.1) is 0 Å². The first-order valence-corrected chi connectivity index (χ1v) is 7.89. The number of nitrogens with two attached hydrogens (primary N) is 1. The normalized spacial score (nSPS) is 18.2. The molecule has 1 atom stereocenters. The number of hydrogen-bond donors (Lipinski definition) is 1. The highest BCUT2D eigenvalue weighted by atomic mass is 79.9. The maximum absolute atomic E-state index is 6.66. The minimum atomic E-state index is -0.0239. The molecule has 1 fully saturated rings. The molecule has 0 radical (unpaired) electrons. The second-order valence-electron chi connectivity index (χ2n) is 5.92. The van der Waals surface area contributed by atoms with Gasteiger partial charge in [0, 0.05) is 11.5 Å². The molecule has 2 aromatic rings. The zero-order chi connectivity index (χ0) is 14.3. The van der Waals surface area contributed by atoms with Crippen LogP contribution in [0.5, 0.6) is 0 Å². The molecule has 0 spiro atoms. The number of rotatable bonds is 4. The van der Waals surface area contributed by atoms with E-state index in [1.54, 1.807) is 0 Å². The molecule has 3 nitrogen and oxygen atoms in total. The molecule has 1 aromatic heterocycles. The van der Waals surface area contributed by atoms with E-state index in [2.05, 4.69) is 65.2 Å². The summed E-state index contributed by atoms with van der Waals surface area (Å²) in [4.78, 5) is 0. The van der Waals surface area contributed by atoms with Gasteiger partial charge >= 0.3 is 0 Å². The Kier molecular flexibility index (Phi) is 3.46. The smallest absolute Gasteiger partial charge is 0.0705 e. The second-order valence-corrected chi connectivity index (χ2v) is 6.77. The summed E-state index contributed by atoms with van der Waals surface area (Å²) in [6, 6.07) is 10.9. The van der Waals surface area contributed by atoms with Crippen molar-refractivity contribution in [2.75, 3.05) is 0 Å². The van der Waals surface area contributed by atoms with Crippen LogP contribution in [0.1, 0.15) is 50.0 Å². The van der Waals surface area contributed by atoms with Gasteiger partial charge in [0.15, 0.2) is 0 Å². The highest BCUT2D eigenvalue weighted by molar-refractivity contribution is 9.10. The molecule has 3 rings (SSSR count). The number of aromatic nitrogens is 2. The molecule has 1 aliphatic carbocycles. The minimum Gasteiger partial charge on any atom is -0.322 e. The molecular formula is C16H20BrN3. The van der Waals surface area contributed by atoms with Gasteiger partial charge in [-0.3, -0.25) is 4.68 Å². The van der Waals surface area contributed by atoms with Crippen LogP contribution in [0.3, 0.4) is 0 Å². The van der Waals surface area contributed by atoms with Crippen molar-refractivity contribution < 1.29 is 0 Å². The molecule has 106 valence electrons. The molecule has 2 N–H and O–H groups in total. The first kappa shape index (κ1) is 13.8.